The third kappa shape index (κ3) is 4.45. The minimum Gasteiger partial charge on any atom is -0.379 e. The van der Waals surface area contributed by atoms with Crippen LogP contribution >= 0.6 is 0 Å². The lowest BCUT2D eigenvalue weighted by Crippen LogP contribution is -2.49. The first-order valence-electron chi connectivity index (χ1n) is 10.4. The summed E-state index contributed by atoms with van der Waals surface area (Å²) in [6, 6.07) is 10.5. The van der Waals surface area contributed by atoms with Gasteiger partial charge in [-0.1, -0.05) is 32.0 Å². The van der Waals surface area contributed by atoms with E-state index < -0.39 is 0 Å². The molecule has 1 aliphatic heterocycles. The van der Waals surface area contributed by atoms with Crippen LogP contribution in [0.2, 0.25) is 0 Å². The van der Waals surface area contributed by atoms with E-state index in [2.05, 4.69) is 29.4 Å². The zero-order chi connectivity index (χ0) is 19.5. The molecule has 2 fully saturated rings. The summed E-state index contributed by atoms with van der Waals surface area (Å²) in [5, 5.41) is 7.52. The molecule has 2 N–H and O–H groups in total. The van der Waals surface area contributed by atoms with E-state index in [1.165, 1.54) is 0 Å². The van der Waals surface area contributed by atoms with E-state index in [0.717, 1.165) is 62.4 Å². The normalized spacial score (nSPS) is 19.0. The Kier molecular flexibility index (Phi) is 5.78. The molecular formula is C22H30N4O2. The van der Waals surface area contributed by atoms with Gasteiger partial charge in [0.2, 0.25) is 0 Å². The van der Waals surface area contributed by atoms with Gasteiger partial charge in [0.15, 0.2) is 0 Å². The van der Waals surface area contributed by atoms with Crippen molar-refractivity contribution in [3.05, 3.63) is 35.9 Å². The number of para-hydroxylation sites is 1. The van der Waals surface area contributed by atoms with Gasteiger partial charge >= 0.3 is 0 Å². The molecule has 4 rings (SSSR count). The fourth-order valence-corrected chi connectivity index (χ4v) is 3.85. The van der Waals surface area contributed by atoms with Crippen LogP contribution in [0.25, 0.3) is 10.9 Å². The number of carbonyl (C=O) groups excluding carboxylic acids is 1. The Balaban J connectivity index is 1.54. The van der Waals surface area contributed by atoms with Crippen molar-refractivity contribution < 1.29 is 9.53 Å². The molecule has 6 nitrogen and oxygen atoms in total. The maximum absolute atomic E-state index is 12.8. The number of carbonyl (C=O) groups is 1. The predicted octanol–water partition coefficient (Wildman–Crippen LogP) is 2.90. The van der Waals surface area contributed by atoms with Crippen LogP contribution in [0.5, 0.6) is 0 Å². The molecule has 0 radical (unpaired) electrons. The molecule has 2 aromatic rings. The lowest BCUT2D eigenvalue weighted by molar-refractivity contribution is 0.00953. The van der Waals surface area contributed by atoms with E-state index in [0.29, 0.717) is 23.6 Å². The summed E-state index contributed by atoms with van der Waals surface area (Å²) < 4.78 is 5.50. The minimum absolute atomic E-state index is 0.00209. The SMILES string of the molecule is CC(C)C(CNc1cc(C(=O)NC2CC2)c2ccccc2n1)N1CCOCC1. The highest BCUT2D eigenvalue weighted by molar-refractivity contribution is 6.07. The second kappa shape index (κ2) is 8.45. The summed E-state index contributed by atoms with van der Waals surface area (Å²) in [4.78, 5) is 20.0. The number of hydrogen-bond acceptors (Lipinski definition) is 5. The Morgan fingerprint density at radius 2 is 2.00 bits per heavy atom. The van der Waals surface area contributed by atoms with Crippen LogP contribution in [0.4, 0.5) is 5.82 Å². The number of hydrogen-bond donors (Lipinski definition) is 2. The van der Waals surface area contributed by atoms with Crippen molar-refractivity contribution in [2.45, 2.75) is 38.8 Å². The quantitative estimate of drug-likeness (QED) is 0.771. The third-order valence-electron chi connectivity index (χ3n) is 5.65. The van der Waals surface area contributed by atoms with Gasteiger partial charge in [0.1, 0.15) is 5.82 Å². The number of nitrogens with one attached hydrogen (secondary N) is 2. The van der Waals surface area contributed by atoms with Gasteiger partial charge in [-0.15, -0.1) is 0 Å². The van der Waals surface area contributed by atoms with Crippen molar-refractivity contribution in [1.29, 1.82) is 0 Å². The molecule has 2 heterocycles. The fraction of sp³-hybridized carbons (Fsp3) is 0.545. The molecule has 1 saturated carbocycles. The number of nitrogens with zero attached hydrogens (tertiary/aromatic N) is 2. The summed E-state index contributed by atoms with van der Waals surface area (Å²) >= 11 is 0. The van der Waals surface area contributed by atoms with E-state index in [-0.39, 0.29) is 5.91 Å². The maximum atomic E-state index is 12.8. The summed E-state index contributed by atoms with van der Waals surface area (Å²) in [6.07, 6.45) is 2.16. The Bertz CT molecular complexity index is 828. The zero-order valence-corrected chi connectivity index (χ0v) is 16.8. The molecule has 1 atom stereocenters. The number of fused-ring (bicyclic) bond motifs is 1. The molecule has 150 valence electrons. The van der Waals surface area contributed by atoms with Crippen LogP contribution < -0.4 is 10.6 Å². The number of benzene rings is 1. The third-order valence-corrected chi connectivity index (χ3v) is 5.65. The highest BCUT2D eigenvalue weighted by Gasteiger charge is 2.26. The second-order valence-corrected chi connectivity index (χ2v) is 8.16. The molecular weight excluding hydrogens is 352 g/mol. The van der Waals surface area contributed by atoms with Gasteiger partial charge in [-0.3, -0.25) is 9.69 Å². The van der Waals surface area contributed by atoms with Crippen LogP contribution in [0.15, 0.2) is 30.3 Å². The molecule has 6 heteroatoms. The Hall–Kier alpha value is -2.18. The van der Waals surface area contributed by atoms with Crippen LogP contribution in [0, 0.1) is 5.92 Å². The monoisotopic (exact) mass is 382 g/mol. The highest BCUT2D eigenvalue weighted by Crippen LogP contribution is 2.24. The van der Waals surface area contributed by atoms with Crippen molar-refractivity contribution in [3.8, 4) is 0 Å². The molecule has 1 aliphatic carbocycles. The standard InChI is InChI=1S/C22H30N4O2/c1-15(2)20(26-9-11-28-12-10-26)14-23-21-13-18(22(27)24-16-7-8-16)17-5-3-4-6-19(17)25-21/h3-6,13,15-16,20H,7-12,14H2,1-2H3,(H,23,25)(H,24,27). The first-order valence-corrected chi connectivity index (χ1v) is 10.4. The number of rotatable bonds is 7. The van der Waals surface area contributed by atoms with Gasteiger partial charge < -0.3 is 15.4 Å². The van der Waals surface area contributed by atoms with Gasteiger partial charge in [-0.2, -0.15) is 0 Å². The number of anilines is 1. The van der Waals surface area contributed by atoms with Gasteiger partial charge in [-0.25, -0.2) is 4.98 Å². The van der Waals surface area contributed by atoms with E-state index in [4.69, 9.17) is 9.72 Å². The molecule has 1 amide bonds. The van der Waals surface area contributed by atoms with E-state index in [1.54, 1.807) is 0 Å². The molecule has 0 bridgehead atoms. The topological polar surface area (TPSA) is 66.5 Å². The number of amides is 1. The summed E-state index contributed by atoms with van der Waals surface area (Å²) in [7, 11) is 0. The van der Waals surface area contributed by atoms with E-state index >= 15 is 0 Å². The largest absolute Gasteiger partial charge is 0.379 e. The Labute approximate surface area is 166 Å². The fourth-order valence-electron chi connectivity index (χ4n) is 3.85. The number of aromatic nitrogens is 1. The number of ether oxygens (including phenoxy) is 1. The van der Waals surface area contributed by atoms with Crippen LogP contribution in [-0.2, 0) is 4.74 Å². The predicted molar refractivity (Wildman–Crippen MR) is 112 cm³/mol. The Morgan fingerprint density at radius 3 is 2.71 bits per heavy atom. The van der Waals surface area contributed by atoms with E-state index in [9.17, 15) is 4.79 Å². The van der Waals surface area contributed by atoms with Crippen molar-refractivity contribution in [1.82, 2.24) is 15.2 Å². The van der Waals surface area contributed by atoms with Crippen molar-refractivity contribution in [2.24, 2.45) is 5.92 Å². The summed E-state index contributed by atoms with van der Waals surface area (Å²) in [5.74, 6) is 1.28. The first-order chi connectivity index (χ1) is 13.6. The van der Waals surface area contributed by atoms with Crippen molar-refractivity contribution in [3.63, 3.8) is 0 Å². The molecule has 0 spiro atoms. The number of pyridine rings is 1. The van der Waals surface area contributed by atoms with Crippen LogP contribution in [-0.4, -0.2) is 60.7 Å². The van der Waals surface area contributed by atoms with Gasteiger partial charge in [0.05, 0.1) is 24.3 Å². The maximum Gasteiger partial charge on any atom is 0.252 e. The average Bonchev–Trinajstić information content (AvgIpc) is 3.52. The molecule has 2 aliphatic rings. The summed E-state index contributed by atoms with van der Waals surface area (Å²) in [5.41, 5.74) is 1.55. The van der Waals surface area contributed by atoms with Gasteiger partial charge in [-0.05, 0) is 30.9 Å². The lowest BCUT2D eigenvalue weighted by atomic mass is 10.0. The molecule has 1 aromatic heterocycles. The van der Waals surface area contributed by atoms with Crippen molar-refractivity contribution >= 4 is 22.6 Å². The van der Waals surface area contributed by atoms with Crippen LogP contribution in [0.1, 0.15) is 37.0 Å². The van der Waals surface area contributed by atoms with Gasteiger partial charge in [0.25, 0.3) is 5.91 Å². The van der Waals surface area contributed by atoms with Crippen LogP contribution in [0.3, 0.4) is 0 Å². The Morgan fingerprint density at radius 1 is 1.25 bits per heavy atom. The van der Waals surface area contributed by atoms with E-state index in [1.807, 2.05) is 30.3 Å². The minimum atomic E-state index is -0.00209. The smallest absolute Gasteiger partial charge is 0.252 e. The molecule has 1 saturated heterocycles. The number of morpholine rings is 1. The molecule has 1 unspecified atom stereocenters. The summed E-state index contributed by atoms with van der Waals surface area (Å²) in [6.45, 7) is 8.82. The second-order valence-electron chi connectivity index (χ2n) is 8.16. The molecule has 1 aromatic carbocycles. The lowest BCUT2D eigenvalue weighted by Gasteiger charge is -2.37. The van der Waals surface area contributed by atoms with Gasteiger partial charge in [0, 0.05) is 37.1 Å². The average molecular weight is 383 g/mol. The highest BCUT2D eigenvalue weighted by atomic mass is 16.5. The molecule has 28 heavy (non-hydrogen) atoms. The first kappa shape index (κ1) is 19.2. The zero-order valence-electron chi connectivity index (χ0n) is 16.8. The van der Waals surface area contributed by atoms with Crippen molar-refractivity contribution in [2.75, 3.05) is 38.2 Å².